The van der Waals surface area contributed by atoms with Gasteiger partial charge >= 0.3 is 0 Å². The third kappa shape index (κ3) is 3.96. The van der Waals surface area contributed by atoms with E-state index in [9.17, 15) is 8.78 Å². The van der Waals surface area contributed by atoms with Crippen molar-refractivity contribution in [2.24, 2.45) is 0 Å². The molecule has 0 saturated carbocycles. The molecule has 1 aromatic rings. The maximum atomic E-state index is 13.3. The number of hydrogen-bond donors (Lipinski definition) is 1. The molecule has 1 heterocycles. The second-order valence-electron chi connectivity index (χ2n) is 4.59. The van der Waals surface area contributed by atoms with E-state index < -0.39 is 11.6 Å². The van der Waals surface area contributed by atoms with Crippen LogP contribution in [0, 0.1) is 11.6 Å². The first-order valence-electron chi connectivity index (χ1n) is 6.62. The number of benzene rings is 1. The number of ether oxygens (including phenoxy) is 2. The van der Waals surface area contributed by atoms with Crippen molar-refractivity contribution in [2.45, 2.75) is 32.1 Å². The lowest BCUT2D eigenvalue weighted by molar-refractivity contribution is -0.0530. The van der Waals surface area contributed by atoms with Gasteiger partial charge in [-0.2, -0.15) is 0 Å². The van der Waals surface area contributed by atoms with Crippen LogP contribution < -0.4 is 5.32 Å². The van der Waals surface area contributed by atoms with Crippen LogP contribution in [0.5, 0.6) is 0 Å². The summed E-state index contributed by atoms with van der Waals surface area (Å²) >= 11 is 0. The van der Waals surface area contributed by atoms with Crippen LogP contribution in [0.1, 0.15) is 31.4 Å². The normalized spacial score (nSPS) is 17.8. The SMILES string of the molecule is CCCNC(CC1OCCO1)c1ccc(F)c(F)c1. The summed E-state index contributed by atoms with van der Waals surface area (Å²) in [6, 6.07) is 3.89. The van der Waals surface area contributed by atoms with E-state index >= 15 is 0 Å². The Morgan fingerprint density at radius 3 is 2.63 bits per heavy atom. The Labute approximate surface area is 111 Å². The molecule has 3 nitrogen and oxygen atoms in total. The molecule has 5 heteroatoms. The van der Waals surface area contributed by atoms with Crippen molar-refractivity contribution in [1.82, 2.24) is 5.32 Å². The zero-order valence-corrected chi connectivity index (χ0v) is 11.0. The van der Waals surface area contributed by atoms with Crippen LogP contribution in [0.3, 0.4) is 0 Å². The molecule has 0 radical (unpaired) electrons. The molecule has 0 spiro atoms. The highest BCUT2D eigenvalue weighted by Gasteiger charge is 2.22. The molecule has 1 saturated heterocycles. The van der Waals surface area contributed by atoms with Gasteiger partial charge in [-0.15, -0.1) is 0 Å². The summed E-state index contributed by atoms with van der Waals surface area (Å²) in [5, 5.41) is 3.31. The Morgan fingerprint density at radius 1 is 1.26 bits per heavy atom. The van der Waals surface area contributed by atoms with Crippen molar-refractivity contribution >= 4 is 0 Å². The van der Waals surface area contributed by atoms with Crippen LogP contribution in [0.25, 0.3) is 0 Å². The Bertz CT molecular complexity index is 408. The molecule has 1 atom stereocenters. The Hall–Kier alpha value is -1.04. The van der Waals surface area contributed by atoms with Gasteiger partial charge in [0.05, 0.1) is 13.2 Å². The van der Waals surface area contributed by atoms with E-state index in [4.69, 9.17) is 9.47 Å². The van der Waals surface area contributed by atoms with Gasteiger partial charge in [-0.05, 0) is 30.7 Å². The van der Waals surface area contributed by atoms with Crippen molar-refractivity contribution in [3.8, 4) is 0 Å². The van der Waals surface area contributed by atoms with Gasteiger partial charge in [0.1, 0.15) is 0 Å². The monoisotopic (exact) mass is 271 g/mol. The van der Waals surface area contributed by atoms with Crippen molar-refractivity contribution in [3.63, 3.8) is 0 Å². The van der Waals surface area contributed by atoms with Gasteiger partial charge in [0, 0.05) is 12.5 Å². The first-order chi connectivity index (χ1) is 9.20. The summed E-state index contributed by atoms with van der Waals surface area (Å²) in [5.74, 6) is -1.65. The predicted octanol–water partition coefficient (Wildman–Crippen LogP) is 2.77. The Kier molecular flexibility index (Phi) is 5.24. The molecule has 1 fully saturated rings. The third-order valence-electron chi connectivity index (χ3n) is 3.11. The molecule has 1 aliphatic rings. The summed E-state index contributed by atoms with van der Waals surface area (Å²) in [7, 11) is 0. The summed E-state index contributed by atoms with van der Waals surface area (Å²) in [6.07, 6.45) is 1.28. The molecule has 1 aromatic carbocycles. The molecule has 19 heavy (non-hydrogen) atoms. The van der Waals surface area contributed by atoms with Crippen LogP contribution in [0.4, 0.5) is 8.78 Å². The number of nitrogens with one attached hydrogen (secondary N) is 1. The third-order valence-corrected chi connectivity index (χ3v) is 3.11. The number of rotatable bonds is 6. The first-order valence-corrected chi connectivity index (χ1v) is 6.62. The maximum absolute atomic E-state index is 13.3. The van der Waals surface area contributed by atoms with E-state index in [1.54, 1.807) is 6.07 Å². The van der Waals surface area contributed by atoms with Gasteiger partial charge in [0.25, 0.3) is 0 Å². The minimum Gasteiger partial charge on any atom is -0.350 e. The Morgan fingerprint density at radius 2 is 2.00 bits per heavy atom. The van der Waals surface area contributed by atoms with Crippen molar-refractivity contribution in [2.75, 3.05) is 19.8 Å². The van der Waals surface area contributed by atoms with E-state index in [1.165, 1.54) is 6.07 Å². The average molecular weight is 271 g/mol. The molecule has 0 aliphatic carbocycles. The second kappa shape index (κ2) is 6.93. The van der Waals surface area contributed by atoms with Gasteiger partial charge in [-0.1, -0.05) is 13.0 Å². The number of halogens is 2. The summed E-state index contributed by atoms with van der Waals surface area (Å²) < 4.78 is 37.1. The molecule has 1 aliphatic heterocycles. The first kappa shape index (κ1) is 14.4. The van der Waals surface area contributed by atoms with Gasteiger partial charge in [-0.25, -0.2) is 8.78 Å². The largest absolute Gasteiger partial charge is 0.350 e. The van der Waals surface area contributed by atoms with Crippen LogP contribution in [0.15, 0.2) is 18.2 Å². The topological polar surface area (TPSA) is 30.5 Å². The molecule has 2 rings (SSSR count). The van der Waals surface area contributed by atoms with Crippen molar-refractivity contribution < 1.29 is 18.3 Å². The fourth-order valence-electron chi connectivity index (χ4n) is 2.12. The second-order valence-corrected chi connectivity index (χ2v) is 4.59. The summed E-state index contributed by atoms with van der Waals surface area (Å²) in [4.78, 5) is 0. The standard InChI is InChI=1S/C14H19F2NO2/c1-2-5-17-13(9-14-18-6-7-19-14)10-3-4-11(15)12(16)8-10/h3-4,8,13-14,17H,2,5-7,9H2,1H3. The lowest BCUT2D eigenvalue weighted by Gasteiger charge is -2.21. The molecule has 1 unspecified atom stereocenters. The lowest BCUT2D eigenvalue weighted by Crippen LogP contribution is -2.27. The van der Waals surface area contributed by atoms with Crippen LogP contribution in [0.2, 0.25) is 0 Å². The number of hydrogen-bond acceptors (Lipinski definition) is 3. The molecule has 0 amide bonds. The van der Waals surface area contributed by atoms with E-state index in [2.05, 4.69) is 12.2 Å². The molecule has 1 N–H and O–H groups in total. The smallest absolute Gasteiger partial charge is 0.159 e. The van der Waals surface area contributed by atoms with Crippen molar-refractivity contribution in [3.05, 3.63) is 35.4 Å². The molecular weight excluding hydrogens is 252 g/mol. The highest BCUT2D eigenvalue weighted by atomic mass is 19.2. The molecule has 106 valence electrons. The van der Waals surface area contributed by atoms with Gasteiger partial charge in [0.15, 0.2) is 17.9 Å². The van der Waals surface area contributed by atoms with E-state index in [-0.39, 0.29) is 12.3 Å². The minimum absolute atomic E-state index is 0.0989. The van der Waals surface area contributed by atoms with Crippen molar-refractivity contribution in [1.29, 1.82) is 0 Å². The quantitative estimate of drug-likeness (QED) is 0.863. The average Bonchev–Trinajstić information content (AvgIpc) is 2.91. The van der Waals surface area contributed by atoms with Gasteiger partial charge < -0.3 is 14.8 Å². The fourth-order valence-corrected chi connectivity index (χ4v) is 2.12. The highest BCUT2D eigenvalue weighted by molar-refractivity contribution is 5.21. The van der Waals surface area contributed by atoms with E-state index in [0.717, 1.165) is 19.0 Å². The summed E-state index contributed by atoms with van der Waals surface area (Å²) in [6.45, 7) is 4.03. The maximum Gasteiger partial charge on any atom is 0.159 e. The zero-order valence-electron chi connectivity index (χ0n) is 11.0. The molecule has 0 aromatic heterocycles. The fraction of sp³-hybridized carbons (Fsp3) is 0.571. The Balaban J connectivity index is 2.08. The van der Waals surface area contributed by atoms with Crippen LogP contribution in [-0.4, -0.2) is 26.0 Å². The van der Waals surface area contributed by atoms with E-state index in [1.807, 2.05) is 0 Å². The van der Waals surface area contributed by atoms with Gasteiger partial charge in [-0.3, -0.25) is 0 Å². The van der Waals surface area contributed by atoms with Gasteiger partial charge in [0.2, 0.25) is 0 Å². The van der Waals surface area contributed by atoms with Crippen LogP contribution in [-0.2, 0) is 9.47 Å². The van der Waals surface area contributed by atoms with Crippen LogP contribution >= 0.6 is 0 Å². The minimum atomic E-state index is -0.827. The summed E-state index contributed by atoms with van der Waals surface area (Å²) in [5.41, 5.74) is 0.714. The zero-order chi connectivity index (χ0) is 13.7. The highest BCUT2D eigenvalue weighted by Crippen LogP contribution is 2.23. The molecule has 0 bridgehead atoms. The molecular formula is C14H19F2NO2. The van der Waals surface area contributed by atoms with E-state index in [0.29, 0.717) is 25.2 Å². The lowest BCUT2D eigenvalue weighted by atomic mass is 10.0. The predicted molar refractivity (Wildman–Crippen MR) is 67.7 cm³/mol.